The molecule has 0 amide bonds. The van der Waals surface area contributed by atoms with E-state index >= 15 is 0 Å². The lowest BCUT2D eigenvalue weighted by atomic mass is 10.2. The van der Waals surface area contributed by atoms with Crippen LogP contribution in [0.2, 0.25) is 0 Å². The van der Waals surface area contributed by atoms with E-state index in [-0.39, 0.29) is 29.1 Å². The number of hydrogen-bond acceptors (Lipinski definition) is 6. The lowest BCUT2D eigenvalue weighted by molar-refractivity contribution is -0.386. The van der Waals surface area contributed by atoms with E-state index in [1.807, 2.05) is 0 Å². The van der Waals surface area contributed by atoms with E-state index in [1.165, 1.54) is 10.7 Å². The molecule has 0 saturated carbocycles. The highest BCUT2D eigenvalue weighted by Gasteiger charge is 2.25. The molecule has 0 aromatic carbocycles. The highest BCUT2D eigenvalue weighted by Crippen LogP contribution is 2.26. The van der Waals surface area contributed by atoms with Crippen molar-refractivity contribution < 1.29 is 14.1 Å². The summed E-state index contributed by atoms with van der Waals surface area (Å²) in [5, 5.41) is 18.2. The third-order valence-electron chi connectivity index (χ3n) is 3.50. The van der Waals surface area contributed by atoms with Crippen LogP contribution in [-0.4, -0.2) is 38.9 Å². The molecule has 22 heavy (non-hydrogen) atoms. The van der Waals surface area contributed by atoms with Gasteiger partial charge in [0.2, 0.25) is 0 Å². The molecule has 2 aromatic heterocycles. The Bertz CT molecular complexity index is 742. The van der Waals surface area contributed by atoms with E-state index in [9.17, 15) is 14.5 Å². The Morgan fingerprint density at radius 1 is 1.50 bits per heavy atom. The van der Waals surface area contributed by atoms with Crippen LogP contribution in [0.1, 0.15) is 11.4 Å². The monoisotopic (exact) mass is 307 g/mol. The molecule has 1 saturated heterocycles. The molecule has 8 nitrogen and oxygen atoms in total. The van der Waals surface area contributed by atoms with Gasteiger partial charge < -0.3 is 10.1 Å². The molecular weight excluding hydrogens is 293 g/mol. The van der Waals surface area contributed by atoms with Crippen molar-refractivity contribution in [1.82, 2.24) is 20.1 Å². The first-order chi connectivity index (χ1) is 10.5. The largest absolute Gasteiger partial charge is 0.484 e. The zero-order chi connectivity index (χ0) is 15.9. The van der Waals surface area contributed by atoms with Gasteiger partial charge in [-0.2, -0.15) is 5.10 Å². The normalized spacial score (nSPS) is 14.7. The molecule has 2 aromatic rings. The van der Waals surface area contributed by atoms with Crippen molar-refractivity contribution in [3.63, 3.8) is 0 Å². The first kappa shape index (κ1) is 14.4. The quantitative estimate of drug-likeness (QED) is 0.675. The molecule has 0 radical (unpaired) electrons. The second-order valence-electron chi connectivity index (χ2n) is 5.06. The molecule has 9 heteroatoms. The maximum Gasteiger partial charge on any atom is 0.313 e. The van der Waals surface area contributed by atoms with Crippen LogP contribution in [0.15, 0.2) is 12.3 Å². The van der Waals surface area contributed by atoms with Crippen molar-refractivity contribution in [3.05, 3.63) is 39.6 Å². The number of pyridine rings is 1. The molecule has 0 aliphatic carbocycles. The van der Waals surface area contributed by atoms with Gasteiger partial charge in [-0.25, -0.2) is 14.1 Å². The second-order valence-corrected chi connectivity index (χ2v) is 5.06. The fraction of sp³-hybridized carbons (Fsp3) is 0.385. The summed E-state index contributed by atoms with van der Waals surface area (Å²) >= 11 is 0. The summed E-state index contributed by atoms with van der Waals surface area (Å²) in [7, 11) is 0. The number of aryl methyl sites for hydroxylation is 1. The van der Waals surface area contributed by atoms with Crippen LogP contribution in [0.25, 0.3) is 5.82 Å². The lowest BCUT2D eigenvalue weighted by Gasteiger charge is -2.27. The van der Waals surface area contributed by atoms with Crippen LogP contribution in [0.3, 0.4) is 0 Å². The second kappa shape index (κ2) is 5.34. The van der Waals surface area contributed by atoms with Gasteiger partial charge in [-0.15, -0.1) is 0 Å². The number of rotatable bonds is 4. The summed E-state index contributed by atoms with van der Waals surface area (Å²) in [6.07, 6.45) is 0.943. The highest BCUT2D eigenvalue weighted by atomic mass is 19.1. The van der Waals surface area contributed by atoms with Crippen molar-refractivity contribution >= 4 is 5.69 Å². The van der Waals surface area contributed by atoms with Gasteiger partial charge in [0.1, 0.15) is 17.5 Å². The van der Waals surface area contributed by atoms with E-state index in [2.05, 4.69) is 15.4 Å². The van der Waals surface area contributed by atoms with Gasteiger partial charge in [-0.3, -0.25) is 10.1 Å². The van der Waals surface area contributed by atoms with Crippen LogP contribution >= 0.6 is 0 Å². The number of ether oxygens (including phenoxy) is 1. The molecule has 3 heterocycles. The smallest absolute Gasteiger partial charge is 0.313 e. The van der Waals surface area contributed by atoms with Gasteiger partial charge in [0.25, 0.3) is 0 Å². The Kier molecular flexibility index (Phi) is 3.49. The van der Waals surface area contributed by atoms with E-state index < -0.39 is 10.7 Å². The summed E-state index contributed by atoms with van der Waals surface area (Å²) in [4.78, 5) is 14.5. The highest BCUT2D eigenvalue weighted by molar-refractivity contribution is 5.44. The minimum atomic E-state index is -0.577. The summed E-state index contributed by atoms with van der Waals surface area (Å²) in [6.45, 7) is 4.42. The Labute approximate surface area is 125 Å². The SMILES string of the molecule is Cc1nn(-c2cc(OC3CNC3)c(F)cn2)c(C)c1[N+](=O)[O-]. The minimum Gasteiger partial charge on any atom is -0.484 e. The molecule has 3 rings (SSSR count). The Morgan fingerprint density at radius 2 is 2.23 bits per heavy atom. The third-order valence-corrected chi connectivity index (χ3v) is 3.50. The number of hydrogen-bond donors (Lipinski definition) is 1. The Balaban J connectivity index is 1.99. The Hall–Kier alpha value is -2.55. The zero-order valence-electron chi connectivity index (χ0n) is 12.0. The van der Waals surface area contributed by atoms with Gasteiger partial charge in [0.05, 0.1) is 11.1 Å². The fourth-order valence-electron chi connectivity index (χ4n) is 2.26. The number of halogens is 1. The van der Waals surface area contributed by atoms with Gasteiger partial charge in [-0.1, -0.05) is 0 Å². The Morgan fingerprint density at radius 3 is 2.77 bits per heavy atom. The molecule has 1 aliphatic rings. The first-order valence-electron chi connectivity index (χ1n) is 6.71. The number of nitro groups is 1. The minimum absolute atomic E-state index is 0.0618. The number of nitrogens with one attached hydrogen (secondary N) is 1. The first-order valence-corrected chi connectivity index (χ1v) is 6.71. The van der Waals surface area contributed by atoms with Crippen LogP contribution in [0, 0.1) is 29.8 Å². The standard InChI is InChI=1S/C13H14FN5O3/c1-7-13(19(20)21)8(2)18(17-7)12-3-11(10(14)6-16-12)22-9-4-15-5-9/h3,6,9,15H,4-5H2,1-2H3. The van der Waals surface area contributed by atoms with E-state index in [0.29, 0.717) is 18.8 Å². The van der Waals surface area contributed by atoms with E-state index in [1.54, 1.807) is 13.8 Å². The topological polar surface area (TPSA) is 95.1 Å². The maximum absolute atomic E-state index is 13.8. The van der Waals surface area contributed by atoms with Gasteiger partial charge in [-0.05, 0) is 13.8 Å². The van der Waals surface area contributed by atoms with Crippen LogP contribution in [0.4, 0.5) is 10.1 Å². The van der Waals surface area contributed by atoms with Crippen molar-refractivity contribution in [2.75, 3.05) is 13.1 Å². The molecular formula is C13H14FN5O3. The van der Waals surface area contributed by atoms with Crippen LogP contribution in [-0.2, 0) is 0 Å². The molecule has 0 unspecified atom stereocenters. The molecule has 1 fully saturated rings. The predicted octanol–water partition coefficient (Wildman–Crippen LogP) is 1.28. The molecule has 1 N–H and O–H groups in total. The summed E-state index contributed by atoms with van der Waals surface area (Å²) in [6, 6.07) is 1.40. The third kappa shape index (κ3) is 2.39. The molecule has 0 bridgehead atoms. The molecule has 0 spiro atoms. The lowest BCUT2D eigenvalue weighted by Crippen LogP contribution is -2.50. The summed E-state index contributed by atoms with van der Waals surface area (Å²) in [5.41, 5.74) is 0.536. The molecule has 0 atom stereocenters. The van der Waals surface area contributed by atoms with Gasteiger partial charge in [0, 0.05) is 19.2 Å². The maximum atomic E-state index is 13.8. The van der Waals surface area contributed by atoms with Crippen LogP contribution < -0.4 is 10.1 Å². The average Bonchev–Trinajstić information content (AvgIpc) is 2.71. The van der Waals surface area contributed by atoms with E-state index in [0.717, 1.165) is 6.20 Å². The zero-order valence-corrected chi connectivity index (χ0v) is 12.0. The fourth-order valence-corrected chi connectivity index (χ4v) is 2.26. The number of nitrogens with zero attached hydrogens (tertiary/aromatic N) is 4. The molecule has 1 aliphatic heterocycles. The average molecular weight is 307 g/mol. The van der Waals surface area contributed by atoms with Crippen LogP contribution in [0.5, 0.6) is 5.75 Å². The van der Waals surface area contributed by atoms with Crippen molar-refractivity contribution in [2.24, 2.45) is 0 Å². The summed E-state index contributed by atoms with van der Waals surface area (Å²) in [5.74, 6) is -0.240. The van der Waals surface area contributed by atoms with Gasteiger partial charge >= 0.3 is 5.69 Å². The van der Waals surface area contributed by atoms with Crippen molar-refractivity contribution in [3.8, 4) is 11.6 Å². The predicted molar refractivity (Wildman–Crippen MR) is 74.7 cm³/mol. The molecule has 116 valence electrons. The summed E-state index contributed by atoms with van der Waals surface area (Å²) < 4.78 is 20.6. The van der Waals surface area contributed by atoms with E-state index in [4.69, 9.17) is 4.74 Å². The van der Waals surface area contributed by atoms with Gasteiger partial charge in [0.15, 0.2) is 17.4 Å². The van der Waals surface area contributed by atoms with Crippen molar-refractivity contribution in [1.29, 1.82) is 0 Å². The number of aromatic nitrogens is 3. The van der Waals surface area contributed by atoms with Crippen molar-refractivity contribution in [2.45, 2.75) is 20.0 Å².